The monoisotopic (exact) mass is 464 g/mol. The number of aliphatic carboxylic acids is 2. The molecule has 9 heteroatoms. The molecule has 33 heavy (non-hydrogen) atoms. The highest BCUT2D eigenvalue weighted by Gasteiger charge is 2.23. The lowest BCUT2D eigenvalue weighted by molar-refractivity contribution is -0.159. The number of carboxylic acid groups (broad SMARTS) is 2. The fourth-order valence-electron chi connectivity index (χ4n) is 2.92. The molecule has 1 atom stereocenters. The summed E-state index contributed by atoms with van der Waals surface area (Å²) in [6.45, 7) is 0. The Morgan fingerprint density at radius 1 is 1.00 bits per heavy atom. The van der Waals surface area contributed by atoms with Gasteiger partial charge in [-0.3, -0.25) is 14.4 Å². The molecule has 8 nitrogen and oxygen atoms in total. The summed E-state index contributed by atoms with van der Waals surface area (Å²) in [6, 6.07) is 5.99. The topological polar surface area (TPSA) is 135 Å². The first-order valence-corrected chi connectivity index (χ1v) is 10.4. The highest BCUT2D eigenvalue weighted by Crippen LogP contribution is 2.18. The fourth-order valence-corrected chi connectivity index (χ4v) is 2.92. The minimum absolute atomic E-state index is 0.0277. The number of Topliss-reactive ketones (excluding diaryl/α,β-unsaturated/α-hetero) is 2. The van der Waals surface area contributed by atoms with Crippen LogP contribution in [0.15, 0.2) is 24.3 Å². The number of carbonyl (C=O) groups excluding carboxylic acids is 3. The molecule has 0 heterocycles. The van der Waals surface area contributed by atoms with Gasteiger partial charge in [0.05, 0.1) is 19.4 Å². The van der Waals surface area contributed by atoms with Gasteiger partial charge in [0.25, 0.3) is 0 Å². The van der Waals surface area contributed by atoms with E-state index in [1.54, 1.807) is 12.1 Å². The maximum Gasteiger partial charge on any atom is 0.414 e. The number of ether oxygens (including phenoxy) is 1. The van der Waals surface area contributed by atoms with E-state index < -0.39 is 29.6 Å². The van der Waals surface area contributed by atoms with Gasteiger partial charge in [0.1, 0.15) is 17.4 Å². The molecule has 1 aromatic rings. The van der Waals surface area contributed by atoms with Gasteiger partial charge in [-0.1, -0.05) is 37.5 Å². The van der Waals surface area contributed by atoms with E-state index in [0.717, 1.165) is 32.1 Å². The van der Waals surface area contributed by atoms with Crippen molar-refractivity contribution < 1.29 is 43.3 Å². The number of esters is 1. The Balaban J connectivity index is 0.00000150. The van der Waals surface area contributed by atoms with Crippen molar-refractivity contribution in [1.82, 2.24) is 0 Å². The van der Waals surface area contributed by atoms with Crippen molar-refractivity contribution >= 4 is 29.5 Å². The highest BCUT2D eigenvalue weighted by atomic mass is 19.1. The second-order valence-electron chi connectivity index (χ2n) is 7.21. The lowest BCUT2D eigenvalue weighted by Crippen LogP contribution is -2.22. The summed E-state index contributed by atoms with van der Waals surface area (Å²) >= 11 is 0. The number of carbonyl (C=O) groups is 5. The number of benzene rings is 1. The molecular weight excluding hydrogens is 435 g/mol. The first-order chi connectivity index (χ1) is 15.6. The van der Waals surface area contributed by atoms with Crippen molar-refractivity contribution in [1.29, 1.82) is 0 Å². The Bertz CT molecular complexity index is 844. The highest BCUT2D eigenvalue weighted by molar-refractivity contribution is 6.27. The largest absolute Gasteiger partial charge is 0.473 e. The Morgan fingerprint density at radius 2 is 1.61 bits per heavy atom. The molecule has 0 saturated carbocycles. The maximum atomic E-state index is 13.6. The lowest BCUT2D eigenvalue weighted by atomic mass is 9.93. The zero-order valence-electron chi connectivity index (χ0n) is 18.5. The van der Waals surface area contributed by atoms with E-state index in [0.29, 0.717) is 6.42 Å². The summed E-state index contributed by atoms with van der Waals surface area (Å²) in [6.07, 6.45) is 9.67. The van der Waals surface area contributed by atoms with Gasteiger partial charge in [0.2, 0.25) is 0 Å². The van der Waals surface area contributed by atoms with Crippen LogP contribution in [0.3, 0.4) is 0 Å². The van der Waals surface area contributed by atoms with Crippen LogP contribution in [0.4, 0.5) is 4.39 Å². The van der Waals surface area contributed by atoms with Crippen molar-refractivity contribution in [3.05, 3.63) is 35.6 Å². The second kappa shape index (κ2) is 17.1. The third-order valence-corrected chi connectivity index (χ3v) is 4.56. The van der Waals surface area contributed by atoms with Crippen molar-refractivity contribution in [2.24, 2.45) is 5.92 Å². The van der Waals surface area contributed by atoms with E-state index in [2.05, 4.69) is 5.92 Å². The van der Waals surface area contributed by atoms with Crippen molar-refractivity contribution in [3.8, 4) is 12.3 Å². The molecule has 0 spiro atoms. The van der Waals surface area contributed by atoms with Crippen molar-refractivity contribution in [2.75, 3.05) is 7.11 Å². The molecule has 180 valence electrons. The average Bonchev–Trinajstić information content (AvgIpc) is 2.76. The van der Waals surface area contributed by atoms with Gasteiger partial charge in [0.15, 0.2) is 0 Å². The van der Waals surface area contributed by atoms with Gasteiger partial charge < -0.3 is 14.9 Å². The van der Waals surface area contributed by atoms with E-state index in [4.69, 9.17) is 31.0 Å². The van der Waals surface area contributed by atoms with E-state index in [1.807, 2.05) is 0 Å². The molecule has 0 aliphatic heterocycles. The second-order valence-corrected chi connectivity index (χ2v) is 7.21. The summed E-state index contributed by atoms with van der Waals surface area (Å²) in [4.78, 5) is 54.3. The minimum atomic E-state index is -1.82. The van der Waals surface area contributed by atoms with E-state index in [9.17, 15) is 18.8 Å². The molecule has 0 unspecified atom stereocenters. The summed E-state index contributed by atoms with van der Waals surface area (Å²) in [5, 5.41) is 14.8. The first kappa shape index (κ1) is 29.5. The number of unbranched alkanes of at least 4 members (excludes halogenated alkanes) is 4. The standard InChI is InChI=1S/C22H27FO4.C2H2O4/c1-3-4-5-6-7-8-12-18(22(26)27-2)15-20(25)16-19(24)14-17-11-9-10-13-21(17)23;3-1(4)2(5)6/h1,9-11,13,18H,4-8,12,14-16H2,2H3;(H,3,4)(H,5,6)/t18-;/m1./s1. The van der Waals surface area contributed by atoms with Crippen LogP contribution in [0.2, 0.25) is 0 Å². The molecule has 0 radical (unpaired) electrons. The molecule has 0 amide bonds. The number of ketones is 2. The zero-order chi connectivity index (χ0) is 25.2. The predicted molar refractivity (Wildman–Crippen MR) is 117 cm³/mol. The van der Waals surface area contributed by atoms with E-state index >= 15 is 0 Å². The van der Waals surface area contributed by atoms with Crippen LogP contribution >= 0.6 is 0 Å². The molecule has 1 aromatic carbocycles. The van der Waals surface area contributed by atoms with Crippen molar-refractivity contribution in [3.63, 3.8) is 0 Å². The summed E-state index contributed by atoms with van der Waals surface area (Å²) in [5.74, 6) is -3.19. The van der Waals surface area contributed by atoms with Crippen LogP contribution in [0.5, 0.6) is 0 Å². The molecule has 0 aromatic heterocycles. The number of carboxylic acids is 2. The van der Waals surface area contributed by atoms with E-state index in [-0.39, 0.29) is 36.4 Å². The summed E-state index contributed by atoms with van der Waals surface area (Å²) in [5.41, 5.74) is 0.270. The lowest BCUT2D eigenvalue weighted by Gasteiger charge is -2.13. The number of methoxy groups -OCH3 is 1. The third-order valence-electron chi connectivity index (χ3n) is 4.56. The third kappa shape index (κ3) is 14.2. The number of hydrogen-bond acceptors (Lipinski definition) is 6. The summed E-state index contributed by atoms with van der Waals surface area (Å²) < 4.78 is 18.4. The average molecular weight is 464 g/mol. The fraction of sp³-hybridized carbons (Fsp3) is 0.458. The van der Waals surface area contributed by atoms with E-state index in [1.165, 1.54) is 19.2 Å². The van der Waals surface area contributed by atoms with Gasteiger partial charge in [0, 0.05) is 19.3 Å². The minimum Gasteiger partial charge on any atom is -0.473 e. The quantitative estimate of drug-likeness (QED) is 0.149. The maximum absolute atomic E-state index is 13.6. The van der Waals surface area contributed by atoms with Crippen LogP contribution in [0.1, 0.15) is 56.9 Å². The van der Waals surface area contributed by atoms with Gasteiger partial charge in [-0.15, -0.1) is 12.3 Å². The number of terminal acetylenes is 1. The predicted octanol–water partition coefficient (Wildman–Crippen LogP) is 3.21. The Morgan fingerprint density at radius 3 is 2.15 bits per heavy atom. The molecule has 2 N–H and O–H groups in total. The molecule has 0 aliphatic rings. The van der Waals surface area contributed by atoms with Crippen molar-refractivity contribution in [2.45, 2.75) is 57.8 Å². The number of hydrogen-bond donors (Lipinski definition) is 2. The number of halogens is 1. The zero-order valence-corrected chi connectivity index (χ0v) is 18.5. The molecule has 0 aliphatic carbocycles. The number of rotatable bonds is 13. The van der Waals surface area contributed by atoms with Gasteiger partial charge in [-0.25, -0.2) is 14.0 Å². The smallest absolute Gasteiger partial charge is 0.414 e. The Hall–Kier alpha value is -3.54. The first-order valence-electron chi connectivity index (χ1n) is 10.4. The molecule has 1 rings (SSSR count). The Labute approximate surface area is 192 Å². The molecule has 0 saturated heterocycles. The van der Waals surface area contributed by atoms with Crippen LogP contribution < -0.4 is 0 Å². The van der Waals surface area contributed by atoms with Gasteiger partial charge >= 0.3 is 17.9 Å². The van der Waals surface area contributed by atoms with Gasteiger partial charge in [-0.2, -0.15) is 0 Å². The molecule has 0 fully saturated rings. The molecule has 0 bridgehead atoms. The normalized spacial score (nSPS) is 10.7. The van der Waals surface area contributed by atoms with Gasteiger partial charge in [-0.05, 0) is 24.5 Å². The summed E-state index contributed by atoms with van der Waals surface area (Å²) in [7, 11) is 1.29. The Kier molecular flexibility index (Phi) is 15.2. The van der Waals surface area contributed by atoms with Crippen LogP contribution in [-0.2, 0) is 35.1 Å². The van der Waals surface area contributed by atoms with Crippen LogP contribution in [0, 0.1) is 24.1 Å². The molecular formula is C24H29FO8. The SMILES string of the molecule is C#CCCCCCC[C@H](CC(=O)CC(=O)Cc1ccccc1F)C(=O)OC.O=C(O)C(=O)O. The van der Waals surface area contributed by atoms with Crippen LogP contribution in [0.25, 0.3) is 0 Å². The van der Waals surface area contributed by atoms with Crippen LogP contribution in [-0.4, -0.2) is 46.8 Å².